The zero-order chi connectivity index (χ0) is 14.5. The molecule has 0 radical (unpaired) electrons. The van der Waals surface area contributed by atoms with E-state index in [1.165, 1.54) is 12.1 Å². The third kappa shape index (κ3) is 6.05. The summed E-state index contributed by atoms with van der Waals surface area (Å²) in [5.41, 5.74) is 0.345. The third-order valence-corrected chi connectivity index (χ3v) is 2.65. The highest BCUT2D eigenvalue weighted by molar-refractivity contribution is 9.09. The average Bonchev–Trinajstić information content (AvgIpc) is 2.29. The molecule has 3 nitrogen and oxygen atoms in total. The highest BCUT2D eigenvalue weighted by atomic mass is 79.9. The number of nitrogens with zero attached hydrogens (tertiary/aromatic N) is 1. The van der Waals surface area contributed by atoms with Gasteiger partial charge in [0.2, 0.25) is 0 Å². The molecule has 0 aliphatic carbocycles. The number of carbonyl (C=O) groups excluding carboxylic acids is 1. The molecule has 1 rings (SSSR count). The van der Waals surface area contributed by atoms with Crippen LogP contribution in [0.2, 0.25) is 0 Å². The van der Waals surface area contributed by atoms with Crippen LogP contribution in [0, 0.1) is 5.82 Å². The first-order chi connectivity index (χ1) is 8.81. The van der Waals surface area contributed by atoms with E-state index in [0.29, 0.717) is 18.4 Å². The Morgan fingerprint density at radius 2 is 1.89 bits per heavy atom. The predicted octanol–water partition coefficient (Wildman–Crippen LogP) is 3.96. The lowest BCUT2D eigenvalue weighted by Crippen LogP contribution is -2.37. The zero-order valence-electron chi connectivity index (χ0n) is 11.5. The second kappa shape index (κ2) is 6.89. The summed E-state index contributed by atoms with van der Waals surface area (Å²) in [6.45, 7) is 6.42. The second-order valence-corrected chi connectivity index (χ2v) is 6.01. The van der Waals surface area contributed by atoms with E-state index in [1.807, 2.05) is 20.8 Å². The van der Waals surface area contributed by atoms with Gasteiger partial charge in [-0.15, -0.1) is 0 Å². The van der Waals surface area contributed by atoms with Gasteiger partial charge in [-0.05, 0) is 38.5 Å². The molecule has 1 aromatic rings. The topological polar surface area (TPSA) is 29.5 Å². The van der Waals surface area contributed by atoms with E-state index in [9.17, 15) is 9.18 Å². The molecule has 0 saturated carbocycles. The fourth-order valence-electron chi connectivity index (χ4n) is 1.47. The van der Waals surface area contributed by atoms with E-state index >= 15 is 0 Å². The standard InChI is InChI=1S/C14H19BrFNO2/c1-14(2,3)19-13(18)17(9-8-15)10-11-4-6-12(16)7-5-11/h4-7H,8-10H2,1-3H3. The smallest absolute Gasteiger partial charge is 0.410 e. The lowest BCUT2D eigenvalue weighted by Gasteiger charge is -2.27. The molecule has 0 saturated heterocycles. The molecule has 0 aliphatic rings. The lowest BCUT2D eigenvalue weighted by atomic mass is 10.2. The molecule has 5 heteroatoms. The summed E-state index contributed by atoms with van der Waals surface area (Å²) in [6, 6.07) is 6.11. The van der Waals surface area contributed by atoms with Crippen molar-refractivity contribution >= 4 is 22.0 Å². The lowest BCUT2D eigenvalue weighted by molar-refractivity contribution is 0.0247. The van der Waals surface area contributed by atoms with Gasteiger partial charge in [0.25, 0.3) is 0 Å². The quantitative estimate of drug-likeness (QED) is 0.781. The molecular weight excluding hydrogens is 313 g/mol. The van der Waals surface area contributed by atoms with Crippen molar-refractivity contribution in [3.05, 3.63) is 35.6 Å². The monoisotopic (exact) mass is 331 g/mol. The number of amides is 1. The number of rotatable bonds is 4. The van der Waals surface area contributed by atoms with Crippen LogP contribution in [0.3, 0.4) is 0 Å². The Morgan fingerprint density at radius 3 is 2.37 bits per heavy atom. The summed E-state index contributed by atoms with van der Waals surface area (Å²) in [5, 5.41) is 0.660. The molecule has 19 heavy (non-hydrogen) atoms. The maximum atomic E-state index is 12.8. The fourth-order valence-corrected chi connectivity index (χ4v) is 1.90. The van der Waals surface area contributed by atoms with Gasteiger partial charge in [-0.1, -0.05) is 28.1 Å². The van der Waals surface area contributed by atoms with Gasteiger partial charge in [0, 0.05) is 18.4 Å². The van der Waals surface area contributed by atoms with Crippen molar-refractivity contribution in [1.29, 1.82) is 0 Å². The van der Waals surface area contributed by atoms with Gasteiger partial charge in [0.15, 0.2) is 0 Å². The van der Waals surface area contributed by atoms with E-state index in [2.05, 4.69) is 15.9 Å². The number of hydrogen-bond acceptors (Lipinski definition) is 2. The average molecular weight is 332 g/mol. The molecule has 1 aromatic carbocycles. The van der Waals surface area contributed by atoms with E-state index in [1.54, 1.807) is 17.0 Å². The molecule has 0 aliphatic heterocycles. The summed E-state index contributed by atoms with van der Waals surface area (Å²) >= 11 is 3.31. The Morgan fingerprint density at radius 1 is 1.32 bits per heavy atom. The Hall–Kier alpha value is -1.10. The molecular formula is C14H19BrFNO2. The summed E-state index contributed by atoms with van der Waals surface area (Å²) in [5.74, 6) is -0.284. The van der Waals surface area contributed by atoms with Gasteiger partial charge in [0.1, 0.15) is 11.4 Å². The van der Waals surface area contributed by atoms with Crippen molar-refractivity contribution in [2.75, 3.05) is 11.9 Å². The van der Waals surface area contributed by atoms with Crippen molar-refractivity contribution < 1.29 is 13.9 Å². The largest absolute Gasteiger partial charge is 0.444 e. The molecule has 1 amide bonds. The number of benzene rings is 1. The summed E-state index contributed by atoms with van der Waals surface area (Å²) in [7, 11) is 0. The molecule has 0 aromatic heterocycles. The second-order valence-electron chi connectivity index (χ2n) is 5.22. The molecule has 0 spiro atoms. The van der Waals surface area contributed by atoms with Crippen LogP contribution in [0.25, 0.3) is 0 Å². The molecule has 0 N–H and O–H groups in total. The first kappa shape index (κ1) is 16.0. The minimum atomic E-state index is -0.523. The highest BCUT2D eigenvalue weighted by Crippen LogP contribution is 2.13. The van der Waals surface area contributed by atoms with E-state index in [-0.39, 0.29) is 11.9 Å². The summed E-state index contributed by atoms with van der Waals surface area (Å²) in [6.07, 6.45) is -0.365. The minimum Gasteiger partial charge on any atom is -0.444 e. The normalized spacial score (nSPS) is 11.2. The van der Waals surface area contributed by atoms with Crippen molar-refractivity contribution in [2.24, 2.45) is 0 Å². The number of ether oxygens (including phenoxy) is 1. The predicted molar refractivity (Wildman–Crippen MR) is 76.8 cm³/mol. The first-order valence-electron chi connectivity index (χ1n) is 6.10. The number of hydrogen-bond donors (Lipinski definition) is 0. The van der Waals surface area contributed by atoms with E-state index < -0.39 is 5.60 Å². The van der Waals surface area contributed by atoms with Crippen LogP contribution in [0.1, 0.15) is 26.3 Å². The van der Waals surface area contributed by atoms with Crippen molar-refractivity contribution in [3.8, 4) is 0 Å². The Kier molecular flexibility index (Phi) is 5.79. The van der Waals surface area contributed by atoms with Crippen LogP contribution < -0.4 is 0 Å². The Labute approximate surface area is 121 Å². The summed E-state index contributed by atoms with van der Waals surface area (Å²) in [4.78, 5) is 13.6. The number of halogens is 2. The van der Waals surface area contributed by atoms with Crippen molar-refractivity contribution in [2.45, 2.75) is 32.9 Å². The number of carbonyl (C=O) groups is 1. The van der Waals surface area contributed by atoms with Gasteiger partial charge < -0.3 is 9.64 Å². The highest BCUT2D eigenvalue weighted by Gasteiger charge is 2.21. The van der Waals surface area contributed by atoms with Gasteiger partial charge in [-0.25, -0.2) is 9.18 Å². The van der Waals surface area contributed by atoms with Gasteiger partial charge in [-0.2, -0.15) is 0 Å². The van der Waals surface area contributed by atoms with Crippen LogP contribution in [-0.4, -0.2) is 28.5 Å². The van der Waals surface area contributed by atoms with Crippen LogP contribution in [0.5, 0.6) is 0 Å². The minimum absolute atomic E-state index is 0.284. The van der Waals surface area contributed by atoms with Crippen LogP contribution in [-0.2, 0) is 11.3 Å². The van der Waals surface area contributed by atoms with E-state index in [0.717, 1.165) is 5.56 Å². The molecule has 0 heterocycles. The summed E-state index contributed by atoms with van der Waals surface area (Å²) < 4.78 is 18.2. The number of alkyl halides is 1. The van der Waals surface area contributed by atoms with Crippen LogP contribution in [0.4, 0.5) is 9.18 Å². The first-order valence-corrected chi connectivity index (χ1v) is 7.22. The van der Waals surface area contributed by atoms with Gasteiger partial charge in [0.05, 0.1) is 0 Å². The third-order valence-electron chi connectivity index (χ3n) is 2.29. The molecule has 0 atom stereocenters. The fraction of sp³-hybridized carbons (Fsp3) is 0.500. The Balaban J connectivity index is 2.72. The van der Waals surface area contributed by atoms with E-state index in [4.69, 9.17) is 4.74 Å². The Bertz CT molecular complexity index is 414. The molecule has 106 valence electrons. The molecule has 0 unspecified atom stereocenters. The molecule has 0 fully saturated rings. The van der Waals surface area contributed by atoms with Gasteiger partial charge >= 0.3 is 6.09 Å². The SMILES string of the molecule is CC(C)(C)OC(=O)N(CCBr)Cc1ccc(F)cc1. The van der Waals surface area contributed by atoms with Gasteiger partial charge in [-0.3, -0.25) is 0 Å². The van der Waals surface area contributed by atoms with Crippen molar-refractivity contribution in [1.82, 2.24) is 4.90 Å². The van der Waals surface area contributed by atoms with Crippen LogP contribution in [0.15, 0.2) is 24.3 Å². The zero-order valence-corrected chi connectivity index (χ0v) is 13.0. The van der Waals surface area contributed by atoms with Crippen molar-refractivity contribution in [3.63, 3.8) is 0 Å². The molecule has 0 bridgehead atoms. The maximum Gasteiger partial charge on any atom is 0.410 e. The van der Waals surface area contributed by atoms with Crippen LogP contribution >= 0.6 is 15.9 Å². The maximum absolute atomic E-state index is 12.8.